The van der Waals surface area contributed by atoms with Gasteiger partial charge in [0.15, 0.2) is 0 Å². The number of hydrogen-bond donors (Lipinski definition) is 1. The van der Waals surface area contributed by atoms with Gasteiger partial charge in [-0.1, -0.05) is 19.9 Å². The average Bonchev–Trinajstić information content (AvgIpc) is 2.46. The summed E-state index contributed by atoms with van der Waals surface area (Å²) in [6.45, 7) is 7.94. The number of pyridine rings is 1. The van der Waals surface area contributed by atoms with Crippen molar-refractivity contribution in [3.8, 4) is 0 Å². The van der Waals surface area contributed by atoms with Crippen molar-refractivity contribution in [1.82, 2.24) is 20.3 Å². The third-order valence-electron chi connectivity index (χ3n) is 3.31. The molecule has 0 spiro atoms. The van der Waals surface area contributed by atoms with Crippen LogP contribution in [-0.4, -0.2) is 20.9 Å². The number of aromatic nitrogens is 3. The third kappa shape index (κ3) is 3.62. The maximum Gasteiger partial charge on any atom is 0.272 e. The number of carbonyl (C=O) groups is 1. The lowest BCUT2D eigenvalue weighted by atomic mass is 9.97. The molecule has 0 aromatic carbocycles. The van der Waals surface area contributed by atoms with Crippen LogP contribution >= 0.6 is 0 Å². The Hall–Kier alpha value is -2.30. The molecule has 0 radical (unpaired) electrons. The van der Waals surface area contributed by atoms with Gasteiger partial charge < -0.3 is 5.32 Å². The zero-order chi connectivity index (χ0) is 15.4. The van der Waals surface area contributed by atoms with Gasteiger partial charge in [-0.05, 0) is 31.4 Å². The van der Waals surface area contributed by atoms with Crippen molar-refractivity contribution in [2.75, 3.05) is 0 Å². The van der Waals surface area contributed by atoms with Crippen molar-refractivity contribution in [2.24, 2.45) is 5.92 Å². The summed E-state index contributed by atoms with van der Waals surface area (Å²) in [4.78, 5) is 24.9. The Balaban J connectivity index is 2.23. The first-order chi connectivity index (χ1) is 9.99. The van der Waals surface area contributed by atoms with Gasteiger partial charge in [0, 0.05) is 12.4 Å². The number of nitrogens with one attached hydrogen (secondary N) is 1. The lowest BCUT2D eigenvalue weighted by Crippen LogP contribution is -2.33. The normalized spacial score (nSPS) is 12.2. The Morgan fingerprint density at radius 3 is 2.48 bits per heavy atom. The first-order valence-corrected chi connectivity index (χ1v) is 7.00. The van der Waals surface area contributed by atoms with E-state index in [0.717, 1.165) is 17.0 Å². The maximum atomic E-state index is 12.3. The molecule has 1 N–H and O–H groups in total. The highest BCUT2D eigenvalue weighted by Gasteiger charge is 2.22. The number of nitrogens with zero attached hydrogens (tertiary/aromatic N) is 3. The minimum atomic E-state index is -0.230. The highest BCUT2D eigenvalue weighted by molar-refractivity contribution is 5.92. The predicted octanol–water partition coefficient (Wildman–Crippen LogP) is 2.62. The van der Waals surface area contributed by atoms with Gasteiger partial charge in [-0.15, -0.1) is 0 Å². The Kier molecular flexibility index (Phi) is 4.62. The maximum absolute atomic E-state index is 12.3. The molecule has 0 bridgehead atoms. The largest absolute Gasteiger partial charge is 0.342 e. The number of hydrogen-bond acceptors (Lipinski definition) is 4. The van der Waals surface area contributed by atoms with Gasteiger partial charge in [0.25, 0.3) is 5.91 Å². The van der Waals surface area contributed by atoms with Gasteiger partial charge in [-0.2, -0.15) is 0 Å². The monoisotopic (exact) mass is 284 g/mol. The predicted molar refractivity (Wildman–Crippen MR) is 80.8 cm³/mol. The number of rotatable bonds is 4. The van der Waals surface area contributed by atoms with E-state index in [1.165, 1.54) is 6.20 Å². The smallest absolute Gasteiger partial charge is 0.272 e. The van der Waals surface area contributed by atoms with E-state index >= 15 is 0 Å². The summed E-state index contributed by atoms with van der Waals surface area (Å²) in [6, 6.07) is 3.74. The quantitative estimate of drug-likeness (QED) is 0.937. The fourth-order valence-electron chi connectivity index (χ4n) is 2.10. The molecule has 0 unspecified atom stereocenters. The van der Waals surface area contributed by atoms with Crippen molar-refractivity contribution in [3.05, 3.63) is 53.4 Å². The Bertz CT molecular complexity index is 622. The van der Waals surface area contributed by atoms with E-state index in [0.29, 0.717) is 5.69 Å². The summed E-state index contributed by atoms with van der Waals surface area (Å²) in [6.07, 6.45) is 4.83. The molecule has 0 aliphatic heterocycles. The van der Waals surface area contributed by atoms with Crippen LogP contribution in [0.5, 0.6) is 0 Å². The standard InChI is InChI=1S/C16H20N4O/c1-10(2)14(15-11(3)6-5-7-17-15)20-16(21)13-9-18-12(4)8-19-13/h5-10,14H,1-4H3,(H,20,21)/t14-/m0/s1. The Labute approximate surface area is 124 Å². The first-order valence-electron chi connectivity index (χ1n) is 7.00. The fraction of sp³-hybridized carbons (Fsp3) is 0.375. The van der Waals surface area contributed by atoms with Crippen molar-refractivity contribution < 1.29 is 4.79 Å². The van der Waals surface area contributed by atoms with Crippen LogP contribution in [0, 0.1) is 19.8 Å². The highest BCUT2D eigenvalue weighted by atomic mass is 16.1. The lowest BCUT2D eigenvalue weighted by Gasteiger charge is -2.23. The number of carbonyl (C=O) groups excluding carboxylic acids is 1. The molecule has 0 saturated carbocycles. The SMILES string of the molecule is Cc1cnc(C(=O)N[C@H](c2ncccc2C)C(C)C)cn1. The minimum absolute atomic E-state index is 0.151. The van der Waals surface area contributed by atoms with Crippen molar-refractivity contribution >= 4 is 5.91 Å². The zero-order valence-corrected chi connectivity index (χ0v) is 12.8. The fourth-order valence-corrected chi connectivity index (χ4v) is 2.10. The molecule has 0 fully saturated rings. The highest BCUT2D eigenvalue weighted by Crippen LogP contribution is 2.22. The average molecular weight is 284 g/mol. The summed E-state index contributed by atoms with van der Waals surface area (Å²) < 4.78 is 0. The van der Waals surface area contributed by atoms with Crippen LogP contribution < -0.4 is 5.32 Å². The summed E-state index contributed by atoms with van der Waals surface area (Å²) in [5, 5.41) is 3.01. The van der Waals surface area contributed by atoms with Gasteiger partial charge >= 0.3 is 0 Å². The van der Waals surface area contributed by atoms with Gasteiger partial charge in [0.05, 0.1) is 23.6 Å². The Morgan fingerprint density at radius 2 is 1.90 bits per heavy atom. The van der Waals surface area contributed by atoms with Gasteiger partial charge in [-0.3, -0.25) is 14.8 Å². The number of aryl methyl sites for hydroxylation is 2. The molecule has 1 amide bonds. The second-order valence-electron chi connectivity index (χ2n) is 5.44. The first kappa shape index (κ1) is 15.1. The number of amides is 1. The van der Waals surface area contributed by atoms with E-state index in [2.05, 4.69) is 34.1 Å². The summed E-state index contributed by atoms with van der Waals surface area (Å²) >= 11 is 0. The minimum Gasteiger partial charge on any atom is -0.342 e. The van der Waals surface area contributed by atoms with Gasteiger partial charge in [0.2, 0.25) is 0 Å². The van der Waals surface area contributed by atoms with Crippen LogP contribution in [0.1, 0.15) is 47.3 Å². The molecular formula is C16H20N4O. The zero-order valence-electron chi connectivity index (χ0n) is 12.8. The second kappa shape index (κ2) is 6.43. The van der Waals surface area contributed by atoms with E-state index in [4.69, 9.17) is 0 Å². The molecule has 5 heteroatoms. The third-order valence-corrected chi connectivity index (χ3v) is 3.31. The molecule has 1 atom stereocenters. The van der Waals surface area contributed by atoms with Crippen LogP contribution in [0.25, 0.3) is 0 Å². The van der Waals surface area contributed by atoms with Crippen LogP contribution in [0.15, 0.2) is 30.7 Å². The molecule has 2 aromatic heterocycles. The van der Waals surface area contributed by atoms with E-state index in [1.54, 1.807) is 12.4 Å². The van der Waals surface area contributed by atoms with Crippen LogP contribution in [0.3, 0.4) is 0 Å². The molecule has 0 aliphatic rings. The summed E-state index contributed by atoms with van der Waals surface area (Å²) in [5.41, 5.74) is 3.06. The molecule has 0 saturated heterocycles. The summed E-state index contributed by atoms with van der Waals surface area (Å²) in [7, 11) is 0. The molecule has 110 valence electrons. The molecule has 2 heterocycles. The van der Waals surface area contributed by atoms with E-state index < -0.39 is 0 Å². The molecule has 2 rings (SSSR count). The van der Waals surface area contributed by atoms with Crippen LogP contribution in [0.4, 0.5) is 0 Å². The second-order valence-corrected chi connectivity index (χ2v) is 5.44. The molecule has 2 aromatic rings. The lowest BCUT2D eigenvalue weighted by molar-refractivity contribution is 0.0918. The van der Waals surface area contributed by atoms with Crippen LogP contribution in [-0.2, 0) is 0 Å². The molecular weight excluding hydrogens is 264 g/mol. The topological polar surface area (TPSA) is 67.8 Å². The molecule has 21 heavy (non-hydrogen) atoms. The van der Waals surface area contributed by atoms with Crippen molar-refractivity contribution in [1.29, 1.82) is 0 Å². The van der Waals surface area contributed by atoms with E-state index in [-0.39, 0.29) is 17.9 Å². The van der Waals surface area contributed by atoms with Gasteiger partial charge in [-0.25, -0.2) is 4.98 Å². The van der Waals surface area contributed by atoms with Crippen LogP contribution in [0.2, 0.25) is 0 Å². The Morgan fingerprint density at radius 1 is 1.14 bits per heavy atom. The van der Waals surface area contributed by atoms with Crippen molar-refractivity contribution in [2.45, 2.75) is 33.7 Å². The molecule has 0 aliphatic carbocycles. The van der Waals surface area contributed by atoms with E-state index in [9.17, 15) is 4.79 Å². The van der Waals surface area contributed by atoms with Crippen molar-refractivity contribution in [3.63, 3.8) is 0 Å². The van der Waals surface area contributed by atoms with E-state index in [1.807, 2.05) is 26.0 Å². The summed E-state index contributed by atoms with van der Waals surface area (Å²) in [5.74, 6) is -0.00721. The molecule has 5 nitrogen and oxygen atoms in total. The van der Waals surface area contributed by atoms with Gasteiger partial charge in [0.1, 0.15) is 5.69 Å².